The molecular formula is C16H26O2. The van der Waals surface area contributed by atoms with Gasteiger partial charge in [-0.25, -0.2) is 0 Å². The van der Waals surface area contributed by atoms with E-state index in [1.54, 1.807) is 0 Å². The lowest BCUT2D eigenvalue weighted by Crippen LogP contribution is -2.55. The first-order valence-corrected chi connectivity index (χ1v) is 7.50. The Morgan fingerprint density at radius 2 is 1.78 bits per heavy atom. The third-order valence-electron chi connectivity index (χ3n) is 6.46. The smallest absolute Gasteiger partial charge is 0.306 e. The lowest BCUT2D eigenvalue weighted by molar-refractivity contribution is -0.164. The van der Waals surface area contributed by atoms with E-state index < -0.39 is 0 Å². The van der Waals surface area contributed by atoms with Crippen LogP contribution in [0.15, 0.2) is 0 Å². The Hall–Kier alpha value is -0.530. The third kappa shape index (κ3) is 1.50. The van der Waals surface area contributed by atoms with Crippen molar-refractivity contribution in [2.45, 2.75) is 71.8 Å². The van der Waals surface area contributed by atoms with Crippen molar-refractivity contribution in [2.24, 2.45) is 22.7 Å². The van der Waals surface area contributed by atoms with Gasteiger partial charge < -0.3 is 4.74 Å². The fraction of sp³-hybridized carbons (Fsp3) is 0.938. The van der Waals surface area contributed by atoms with E-state index in [1.165, 1.54) is 25.7 Å². The number of rotatable bonds is 0. The van der Waals surface area contributed by atoms with Crippen LogP contribution in [0, 0.1) is 22.7 Å². The van der Waals surface area contributed by atoms with Gasteiger partial charge >= 0.3 is 5.97 Å². The second kappa shape index (κ2) is 3.52. The zero-order valence-electron chi connectivity index (χ0n) is 12.2. The summed E-state index contributed by atoms with van der Waals surface area (Å²) in [5, 5.41) is 0. The highest BCUT2D eigenvalue weighted by Crippen LogP contribution is 2.64. The van der Waals surface area contributed by atoms with Crippen LogP contribution >= 0.6 is 0 Å². The van der Waals surface area contributed by atoms with Crippen molar-refractivity contribution in [2.75, 3.05) is 0 Å². The Morgan fingerprint density at radius 1 is 1.06 bits per heavy atom. The van der Waals surface area contributed by atoms with Crippen molar-refractivity contribution in [3.05, 3.63) is 0 Å². The highest BCUT2D eigenvalue weighted by molar-refractivity contribution is 5.73. The predicted molar refractivity (Wildman–Crippen MR) is 71.1 cm³/mol. The van der Waals surface area contributed by atoms with Crippen molar-refractivity contribution < 1.29 is 9.53 Å². The molecule has 0 N–H and O–H groups in total. The molecule has 0 bridgehead atoms. The molecule has 2 heteroatoms. The van der Waals surface area contributed by atoms with E-state index in [4.69, 9.17) is 4.74 Å². The van der Waals surface area contributed by atoms with E-state index in [0.717, 1.165) is 12.3 Å². The van der Waals surface area contributed by atoms with Crippen molar-refractivity contribution in [1.82, 2.24) is 0 Å². The van der Waals surface area contributed by atoms with Crippen LogP contribution in [0.4, 0.5) is 0 Å². The monoisotopic (exact) mass is 250 g/mol. The van der Waals surface area contributed by atoms with Crippen LogP contribution in [0.5, 0.6) is 0 Å². The topological polar surface area (TPSA) is 26.3 Å². The number of carbonyl (C=O) groups is 1. The number of esters is 1. The average Bonchev–Trinajstić information content (AvgIpc) is 2.53. The van der Waals surface area contributed by atoms with Crippen LogP contribution in [-0.4, -0.2) is 11.6 Å². The van der Waals surface area contributed by atoms with E-state index in [-0.39, 0.29) is 11.6 Å². The molecule has 3 aliphatic rings. The Labute approximate surface area is 110 Å². The average molecular weight is 250 g/mol. The maximum atomic E-state index is 11.8. The molecule has 1 heterocycles. The molecule has 3 fully saturated rings. The fourth-order valence-electron chi connectivity index (χ4n) is 5.65. The minimum absolute atomic E-state index is 0.0350. The van der Waals surface area contributed by atoms with E-state index in [2.05, 4.69) is 27.7 Å². The molecule has 2 saturated carbocycles. The second-order valence-corrected chi connectivity index (χ2v) is 7.98. The number of hydrogen-bond acceptors (Lipinski definition) is 2. The van der Waals surface area contributed by atoms with E-state index in [9.17, 15) is 4.79 Å². The van der Waals surface area contributed by atoms with Gasteiger partial charge in [0.1, 0.15) is 5.60 Å². The third-order valence-corrected chi connectivity index (χ3v) is 6.46. The number of carbonyl (C=O) groups excluding carboxylic acids is 1. The SMILES string of the molecule is CC1(C)CCCC2(C)C1CC[C@]1(C)OC(=O)CC21. The molecule has 102 valence electrons. The molecule has 0 spiro atoms. The van der Waals surface area contributed by atoms with Gasteiger partial charge in [-0.3, -0.25) is 4.79 Å². The molecule has 0 amide bonds. The largest absolute Gasteiger partial charge is 0.459 e. The van der Waals surface area contributed by atoms with Gasteiger partial charge in [-0.2, -0.15) is 0 Å². The van der Waals surface area contributed by atoms with Gasteiger partial charge in [0.25, 0.3) is 0 Å². The molecule has 3 unspecified atom stereocenters. The summed E-state index contributed by atoms with van der Waals surface area (Å²) >= 11 is 0. The number of ether oxygens (including phenoxy) is 1. The molecule has 2 nitrogen and oxygen atoms in total. The molecule has 0 aromatic carbocycles. The first kappa shape index (κ1) is 12.5. The number of fused-ring (bicyclic) bond motifs is 3. The number of hydrogen-bond donors (Lipinski definition) is 0. The van der Waals surface area contributed by atoms with Gasteiger partial charge in [0, 0.05) is 5.92 Å². The van der Waals surface area contributed by atoms with Crippen LogP contribution in [0.2, 0.25) is 0 Å². The summed E-state index contributed by atoms with van der Waals surface area (Å²) in [6, 6.07) is 0. The summed E-state index contributed by atoms with van der Waals surface area (Å²) in [4.78, 5) is 11.8. The van der Waals surface area contributed by atoms with Gasteiger partial charge in [-0.1, -0.05) is 27.2 Å². The lowest BCUT2D eigenvalue weighted by Gasteiger charge is -2.59. The molecule has 4 atom stereocenters. The van der Waals surface area contributed by atoms with Crippen LogP contribution in [0.3, 0.4) is 0 Å². The van der Waals surface area contributed by atoms with E-state index in [0.29, 0.717) is 23.2 Å². The van der Waals surface area contributed by atoms with Gasteiger partial charge in [-0.15, -0.1) is 0 Å². The Balaban J connectivity index is 2.00. The first-order chi connectivity index (χ1) is 8.28. The molecular weight excluding hydrogens is 224 g/mol. The molecule has 3 rings (SSSR count). The van der Waals surface area contributed by atoms with Crippen LogP contribution in [0.1, 0.15) is 66.2 Å². The molecule has 0 aromatic heterocycles. The van der Waals surface area contributed by atoms with E-state index >= 15 is 0 Å². The molecule has 0 aromatic rings. The van der Waals surface area contributed by atoms with Crippen LogP contribution < -0.4 is 0 Å². The highest BCUT2D eigenvalue weighted by Gasteiger charge is 2.62. The van der Waals surface area contributed by atoms with Crippen molar-refractivity contribution in [3.8, 4) is 0 Å². The molecule has 0 radical (unpaired) electrons. The Bertz CT molecular complexity index is 387. The summed E-state index contributed by atoms with van der Waals surface area (Å²) in [6.45, 7) is 9.46. The highest BCUT2D eigenvalue weighted by atomic mass is 16.6. The van der Waals surface area contributed by atoms with Crippen molar-refractivity contribution in [3.63, 3.8) is 0 Å². The standard InChI is InChI=1S/C16H26O2/c1-14(2)7-5-8-15(3)11(14)6-9-16(4)12(15)10-13(17)18-16/h11-12H,5-10H2,1-4H3/t11?,12?,15?,16-/m0/s1. The summed E-state index contributed by atoms with van der Waals surface area (Å²) in [5.41, 5.74) is 0.566. The summed E-state index contributed by atoms with van der Waals surface area (Å²) in [5.74, 6) is 1.23. The quantitative estimate of drug-likeness (QED) is 0.609. The minimum atomic E-state index is -0.171. The predicted octanol–water partition coefficient (Wildman–Crippen LogP) is 3.93. The lowest BCUT2D eigenvalue weighted by atomic mass is 9.45. The summed E-state index contributed by atoms with van der Waals surface area (Å²) < 4.78 is 5.70. The van der Waals surface area contributed by atoms with Crippen LogP contribution in [-0.2, 0) is 9.53 Å². The zero-order valence-corrected chi connectivity index (χ0v) is 12.2. The zero-order chi connectivity index (χ0) is 13.2. The van der Waals surface area contributed by atoms with Crippen molar-refractivity contribution in [1.29, 1.82) is 0 Å². The Morgan fingerprint density at radius 3 is 2.50 bits per heavy atom. The van der Waals surface area contributed by atoms with Crippen LogP contribution in [0.25, 0.3) is 0 Å². The summed E-state index contributed by atoms with van der Waals surface area (Å²) in [7, 11) is 0. The maximum absolute atomic E-state index is 11.8. The van der Waals surface area contributed by atoms with Gasteiger partial charge in [0.15, 0.2) is 0 Å². The van der Waals surface area contributed by atoms with Gasteiger partial charge in [0.05, 0.1) is 6.42 Å². The maximum Gasteiger partial charge on any atom is 0.306 e. The van der Waals surface area contributed by atoms with E-state index in [1.807, 2.05) is 0 Å². The second-order valence-electron chi connectivity index (χ2n) is 7.98. The molecule has 18 heavy (non-hydrogen) atoms. The molecule has 1 saturated heterocycles. The van der Waals surface area contributed by atoms with Gasteiger partial charge in [-0.05, 0) is 49.4 Å². The molecule has 2 aliphatic carbocycles. The summed E-state index contributed by atoms with van der Waals surface area (Å²) in [6.07, 6.45) is 6.86. The normalized spacial score (nSPS) is 50.3. The van der Waals surface area contributed by atoms with Gasteiger partial charge in [0.2, 0.25) is 0 Å². The first-order valence-electron chi connectivity index (χ1n) is 7.50. The minimum Gasteiger partial charge on any atom is -0.459 e. The Kier molecular flexibility index (Phi) is 2.44. The fourth-order valence-corrected chi connectivity index (χ4v) is 5.65. The molecule has 1 aliphatic heterocycles. The van der Waals surface area contributed by atoms with Crippen molar-refractivity contribution >= 4 is 5.97 Å².